The van der Waals surface area contributed by atoms with Gasteiger partial charge in [-0.2, -0.15) is 0 Å². The number of hydrogen-bond acceptors (Lipinski definition) is 8. The molecule has 13 heteroatoms. The van der Waals surface area contributed by atoms with Crippen molar-refractivity contribution in [1.29, 1.82) is 0 Å². The summed E-state index contributed by atoms with van der Waals surface area (Å²) >= 11 is 0. The Morgan fingerprint density at radius 3 is 1.85 bits per heavy atom. The van der Waals surface area contributed by atoms with Crippen LogP contribution in [0.1, 0.15) is 20.3 Å². The first kappa shape index (κ1) is 24.2. The molecule has 5 atom stereocenters. The van der Waals surface area contributed by atoms with Gasteiger partial charge in [-0.25, -0.2) is 4.79 Å². The van der Waals surface area contributed by atoms with Crippen LogP contribution in [0, 0.1) is 0 Å². The number of carbonyl (C=O) groups is 5. The van der Waals surface area contributed by atoms with Gasteiger partial charge in [-0.05, 0) is 13.8 Å². The lowest BCUT2D eigenvalue weighted by atomic mass is 10.1. The van der Waals surface area contributed by atoms with Crippen LogP contribution >= 0.6 is 0 Å². The molecule has 154 valence electrons. The van der Waals surface area contributed by atoms with Gasteiger partial charge in [-0.3, -0.25) is 19.2 Å². The molecule has 0 aromatic heterocycles. The van der Waals surface area contributed by atoms with Gasteiger partial charge in [0.15, 0.2) is 6.04 Å². The topological polar surface area (TPSA) is 234 Å². The number of rotatable bonds is 11. The molecule has 0 radical (unpaired) electrons. The molecule has 0 saturated carbocycles. The molecule has 0 aliphatic carbocycles. The van der Waals surface area contributed by atoms with E-state index in [4.69, 9.17) is 16.6 Å². The molecule has 0 bridgehead atoms. The van der Waals surface area contributed by atoms with E-state index in [1.165, 1.54) is 6.92 Å². The van der Waals surface area contributed by atoms with E-state index < -0.39 is 72.9 Å². The molecular weight excluding hydrogens is 366 g/mol. The zero-order valence-electron chi connectivity index (χ0n) is 14.8. The third kappa shape index (κ3) is 8.94. The monoisotopic (exact) mass is 391 g/mol. The van der Waals surface area contributed by atoms with E-state index in [1.807, 2.05) is 5.32 Å². The summed E-state index contributed by atoms with van der Waals surface area (Å²) in [7, 11) is 0. The van der Waals surface area contributed by atoms with Crippen molar-refractivity contribution in [3.05, 3.63) is 0 Å². The Labute approximate surface area is 154 Å². The zero-order valence-corrected chi connectivity index (χ0v) is 14.8. The number of carboxylic acid groups (broad SMARTS) is 1. The summed E-state index contributed by atoms with van der Waals surface area (Å²) in [5, 5.41) is 34.0. The number of aliphatic hydroxyl groups excluding tert-OH is 2. The maximum Gasteiger partial charge on any atom is 0.328 e. The Hall–Kier alpha value is -2.77. The Balaban J connectivity index is 4.77. The van der Waals surface area contributed by atoms with Gasteiger partial charge < -0.3 is 42.7 Å². The van der Waals surface area contributed by atoms with Gasteiger partial charge in [-0.1, -0.05) is 0 Å². The van der Waals surface area contributed by atoms with Crippen molar-refractivity contribution in [2.75, 3.05) is 6.54 Å². The molecule has 4 amide bonds. The highest BCUT2D eigenvalue weighted by atomic mass is 16.4. The molecule has 0 heterocycles. The highest BCUT2D eigenvalue weighted by Gasteiger charge is 2.29. The van der Waals surface area contributed by atoms with E-state index in [1.54, 1.807) is 0 Å². The van der Waals surface area contributed by atoms with E-state index in [-0.39, 0.29) is 0 Å². The van der Waals surface area contributed by atoms with Gasteiger partial charge in [0, 0.05) is 0 Å². The number of carbonyl (C=O) groups excluding carboxylic acids is 4. The van der Waals surface area contributed by atoms with Crippen molar-refractivity contribution in [1.82, 2.24) is 16.0 Å². The smallest absolute Gasteiger partial charge is 0.328 e. The van der Waals surface area contributed by atoms with Crippen LogP contribution in [-0.2, 0) is 24.0 Å². The largest absolute Gasteiger partial charge is 0.480 e. The van der Waals surface area contributed by atoms with E-state index >= 15 is 0 Å². The van der Waals surface area contributed by atoms with Gasteiger partial charge in [0.2, 0.25) is 23.6 Å². The SMILES string of the molecule is CC(O)C(NC(=O)CNC(=O)C(NC(=O)C(N)CC(N)=O)C(C)O)C(=O)O. The quantitative estimate of drug-likeness (QED) is 0.168. The number of amides is 4. The number of nitrogens with one attached hydrogen (secondary N) is 3. The lowest BCUT2D eigenvalue weighted by Gasteiger charge is -2.23. The van der Waals surface area contributed by atoms with Crippen molar-refractivity contribution in [2.45, 2.75) is 50.6 Å². The Kier molecular flexibility index (Phi) is 9.92. The fourth-order valence-corrected chi connectivity index (χ4v) is 1.87. The summed E-state index contributed by atoms with van der Waals surface area (Å²) in [6.45, 7) is 1.67. The highest BCUT2D eigenvalue weighted by Crippen LogP contribution is 1.97. The molecule has 0 aromatic carbocycles. The van der Waals surface area contributed by atoms with E-state index in [2.05, 4.69) is 10.6 Å². The minimum Gasteiger partial charge on any atom is -0.480 e. The van der Waals surface area contributed by atoms with Crippen LogP contribution in [0.5, 0.6) is 0 Å². The normalized spacial score (nSPS) is 16.2. The summed E-state index contributed by atoms with van der Waals surface area (Å²) in [5.74, 6) is -5.10. The molecule has 0 rings (SSSR count). The Morgan fingerprint density at radius 1 is 0.926 bits per heavy atom. The first-order chi connectivity index (χ1) is 12.4. The number of hydrogen-bond donors (Lipinski definition) is 8. The summed E-state index contributed by atoms with van der Waals surface area (Å²) in [6, 6.07) is -4.40. The number of aliphatic hydroxyl groups is 2. The molecule has 0 aliphatic rings. The molecule has 5 unspecified atom stereocenters. The fraction of sp³-hybridized carbons (Fsp3) is 0.643. The van der Waals surface area contributed by atoms with Crippen molar-refractivity contribution >= 4 is 29.6 Å². The second kappa shape index (κ2) is 11.1. The molecule has 0 aromatic rings. The summed E-state index contributed by atoms with van der Waals surface area (Å²) in [4.78, 5) is 57.2. The predicted octanol–water partition coefficient (Wildman–Crippen LogP) is -4.88. The van der Waals surface area contributed by atoms with Crippen LogP contribution in [0.2, 0.25) is 0 Å². The standard InChI is InChI=1S/C14H25N5O8/c1-5(20)10(19-12(24)7(15)3-8(16)22)13(25)17-4-9(23)18-11(6(2)21)14(26)27/h5-7,10-11,20-21H,3-4,15H2,1-2H3,(H2,16,22)(H,17,25)(H,18,23)(H,19,24)(H,26,27). The van der Waals surface area contributed by atoms with Gasteiger partial charge in [-0.15, -0.1) is 0 Å². The molecule has 13 nitrogen and oxygen atoms in total. The number of carboxylic acids is 1. The molecule has 27 heavy (non-hydrogen) atoms. The third-order valence-corrected chi connectivity index (χ3v) is 3.31. The highest BCUT2D eigenvalue weighted by molar-refractivity contribution is 5.94. The first-order valence-electron chi connectivity index (χ1n) is 7.87. The van der Waals surface area contributed by atoms with Crippen LogP contribution in [0.3, 0.4) is 0 Å². The molecular formula is C14H25N5O8. The van der Waals surface area contributed by atoms with Crippen molar-refractivity contribution in [3.8, 4) is 0 Å². The van der Waals surface area contributed by atoms with Crippen LogP contribution in [-0.4, -0.2) is 81.8 Å². The number of aliphatic carboxylic acids is 1. The van der Waals surface area contributed by atoms with Gasteiger partial charge in [0.1, 0.15) is 6.04 Å². The van der Waals surface area contributed by atoms with E-state index in [9.17, 15) is 34.2 Å². The average molecular weight is 391 g/mol. The third-order valence-electron chi connectivity index (χ3n) is 3.31. The zero-order chi connectivity index (χ0) is 21.3. The predicted molar refractivity (Wildman–Crippen MR) is 89.7 cm³/mol. The maximum atomic E-state index is 12.1. The first-order valence-corrected chi connectivity index (χ1v) is 7.87. The van der Waals surface area contributed by atoms with E-state index in [0.29, 0.717) is 0 Å². The second-order valence-electron chi connectivity index (χ2n) is 5.85. The average Bonchev–Trinajstić information content (AvgIpc) is 2.53. The summed E-state index contributed by atoms with van der Waals surface area (Å²) in [5.41, 5.74) is 10.3. The minimum atomic E-state index is -1.58. The summed E-state index contributed by atoms with van der Waals surface area (Å²) in [6.07, 6.45) is -3.22. The second-order valence-corrected chi connectivity index (χ2v) is 5.85. The van der Waals surface area contributed by atoms with Crippen LogP contribution in [0.15, 0.2) is 0 Å². The van der Waals surface area contributed by atoms with Gasteiger partial charge in [0.05, 0.1) is 31.2 Å². The van der Waals surface area contributed by atoms with Gasteiger partial charge in [0.25, 0.3) is 0 Å². The van der Waals surface area contributed by atoms with Crippen molar-refractivity contribution in [2.24, 2.45) is 11.5 Å². The molecule has 0 fully saturated rings. The lowest BCUT2D eigenvalue weighted by molar-refractivity contribution is -0.144. The lowest BCUT2D eigenvalue weighted by Crippen LogP contribution is -2.57. The van der Waals surface area contributed by atoms with Crippen LogP contribution < -0.4 is 27.4 Å². The van der Waals surface area contributed by atoms with Crippen molar-refractivity contribution < 1.29 is 39.3 Å². The molecule has 10 N–H and O–H groups in total. The fourth-order valence-electron chi connectivity index (χ4n) is 1.87. The maximum absolute atomic E-state index is 12.1. The summed E-state index contributed by atoms with van der Waals surface area (Å²) < 4.78 is 0. The number of primary amides is 1. The van der Waals surface area contributed by atoms with Crippen LogP contribution in [0.25, 0.3) is 0 Å². The Bertz CT molecular complexity index is 580. The van der Waals surface area contributed by atoms with Crippen molar-refractivity contribution in [3.63, 3.8) is 0 Å². The van der Waals surface area contributed by atoms with E-state index in [0.717, 1.165) is 6.92 Å². The molecule has 0 saturated heterocycles. The Morgan fingerprint density at radius 2 is 1.44 bits per heavy atom. The minimum absolute atomic E-state index is 0.474. The molecule has 0 aliphatic heterocycles. The molecule has 0 spiro atoms. The van der Waals surface area contributed by atoms with Gasteiger partial charge >= 0.3 is 5.97 Å². The van der Waals surface area contributed by atoms with Crippen LogP contribution in [0.4, 0.5) is 0 Å². The number of nitrogens with two attached hydrogens (primary N) is 2.